The lowest BCUT2D eigenvalue weighted by molar-refractivity contribution is -0.121. The molecule has 1 aromatic rings. The summed E-state index contributed by atoms with van der Waals surface area (Å²) in [5, 5.41) is 5.89. The van der Waals surface area contributed by atoms with Crippen LogP contribution in [0, 0.1) is 6.92 Å². The normalized spacial score (nSPS) is 12.5. The maximum absolute atomic E-state index is 11.4. The SMILES string of the molecule is CCC(NC(=O)CCN)c1nc(C)cs1. The minimum atomic E-state index is -0.00259. The number of hydrogen-bond donors (Lipinski definition) is 2. The average molecular weight is 227 g/mol. The van der Waals surface area contributed by atoms with Crippen molar-refractivity contribution in [3.63, 3.8) is 0 Å². The van der Waals surface area contributed by atoms with Gasteiger partial charge in [-0.25, -0.2) is 4.98 Å². The van der Waals surface area contributed by atoms with Crippen LogP contribution in [0.3, 0.4) is 0 Å². The van der Waals surface area contributed by atoms with E-state index < -0.39 is 0 Å². The Bertz CT molecular complexity index is 324. The number of aromatic nitrogens is 1. The van der Waals surface area contributed by atoms with Gasteiger partial charge in [-0.05, 0) is 13.3 Å². The van der Waals surface area contributed by atoms with Gasteiger partial charge in [0, 0.05) is 24.0 Å². The van der Waals surface area contributed by atoms with Crippen LogP contribution in [0.25, 0.3) is 0 Å². The first-order valence-electron chi connectivity index (χ1n) is 5.08. The van der Waals surface area contributed by atoms with Crippen LogP contribution >= 0.6 is 11.3 Å². The molecule has 0 fully saturated rings. The number of thiazole rings is 1. The van der Waals surface area contributed by atoms with E-state index in [1.165, 1.54) is 0 Å². The molecule has 15 heavy (non-hydrogen) atoms. The van der Waals surface area contributed by atoms with Crippen molar-refractivity contribution < 1.29 is 4.79 Å². The summed E-state index contributed by atoms with van der Waals surface area (Å²) in [6.45, 7) is 4.37. The van der Waals surface area contributed by atoms with E-state index in [0.717, 1.165) is 17.1 Å². The van der Waals surface area contributed by atoms with E-state index >= 15 is 0 Å². The van der Waals surface area contributed by atoms with Crippen molar-refractivity contribution in [2.45, 2.75) is 32.7 Å². The standard InChI is InChI=1S/C10H17N3OS/c1-3-8(13-9(14)4-5-11)10-12-7(2)6-15-10/h6,8H,3-5,11H2,1-2H3,(H,13,14). The maximum Gasteiger partial charge on any atom is 0.221 e. The summed E-state index contributed by atoms with van der Waals surface area (Å²) in [6.07, 6.45) is 1.23. The van der Waals surface area contributed by atoms with E-state index in [0.29, 0.717) is 13.0 Å². The Hall–Kier alpha value is -0.940. The van der Waals surface area contributed by atoms with Crippen molar-refractivity contribution in [1.82, 2.24) is 10.3 Å². The van der Waals surface area contributed by atoms with E-state index in [9.17, 15) is 4.79 Å². The van der Waals surface area contributed by atoms with E-state index in [1.54, 1.807) is 11.3 Å². The van der Waals surface area contributed by atoms with Crippen LogP contribution in [0.4, 0.5) is 0 Å². The van der Waals surface area contributed by atoms with Gasteiger partial charge < -0.3 is 11.1 Å². The van der Waals surface area contributed by atoms with Crippen molar-refractivity contribution in [2.24, 2.45) is 5.73 Å². The third-order valence-electron chi connectivity index (χ3n) is 2.05. The number of nitrogens with two attached hydrogens (primary N) is 1. The molecule has 1 aromatic heterocycles. The second-order valence-corrected chi connectivity index (χ2v) is 4.28. The van der Waals surface area contributed by atoms with E-state index in [1.807, 2.05) is 19.2 Å². The summed E-state index contributed by atoms with van der Waals surface area (Å²) in [4.78, 5) is 15.7. The van der Waals surface area contributed by atoms with Gasteiger partial charge in [0.05, 0.1) is 6.04 Å². The van der Waals surface area contributed by atoms with Gasteiger partial charge in [0.1, 0.15) is 5.01 Å². The van der Waals surface area contributed by atoms with E-state index in [4.69, 9.17) is 5.73 Å². The first-order valence-corrected chi connectivity index (χ1v) is 5.96. The van der Waals surface area contributed by atoms with Gasteiger partial charge in [0.2, 0.25) is 5.91 Å². The molecule has 1 amide bonds. The van der Waals surface area contributed by atoms with Crippen molar-refractivity contribution >= 4 is 17.2 Å². The van der Waals surface area contributed by atoms with Gasteiger partial charge in [0.15, 0.2) is 0 Å². The quantitative estimate of drug-likeness (QED) is 0.798. The Morgan fingerprint density at radius 1 is 1.73 bits per heavy atom. The zero-order valence-electron chi connectivity index (χ0n) is 9.12. The van der Waals surface area contributed by atoms with Gasteiger partial charge in [-0.1, -0.05) is 6.92 Å². The number of amides is 1. The molecule has 0 aliphatic heterocycles. The maximum atomic E-state index is 11.4. The molecule has 5 heteroatoms. The van der Waals surface area contributed by atoms with Crippen molar-refractivity contribution in [2.75, 3.05) is 6.54 Å². The van der Waals surface area contributed by atoms with Crippen LogP contribution in [-0.2, 0) is 4.79 Å². The number of rotatable bonds is 5. The topological polar surface area (TPSA) is 68.0 Å². The molecule has 1 unspecified atom stereocenters. The Morgan fingerprint density at radius 2 is 2.47 bits per heavy atom. The zero-order valence-corrected chi connectivity index (χ0v) is 9.93. The molecule has 0 saturated carbocycles. The lowest BCUT2D eigenvalue weighted by atomic mass is 10.2. The molecule has 0 aliphatic carbocycles. The largest absolute Gasteiger partial charge is 0.347 e. The van der Waals surface area contributed by atoms with Crippen LogP contribution in [0.2, 0.25) is 0 Å². The second-order valence-electron chi connectivity index (χ2n) is 3.39. The van der Waals surface area contributed by atoms with Gasteiger partial charge in [0.25, 0.3) is 0 Å². The van der Waals surface area contributed by atoms with Crippen molar-refractivity contribution in [3.05, 3.63) is 16.1 Å². The number of nitrogens with zero attached hydrogens (tertiary/aromatic N) is 1. The molecule has 0 aromatic carbocycles. The summed E-state index contributed by atoms with van der Waals surface area (Å²) >= 11 is 1.59. The molecular weight excluding hydrogens is 210 g/mol. The van der Waals surface area contributed by atoms with Gasteiger partial charge in [-0.15, -0.1) is 11.3 Å². The van der Waals surface area contributed by atoms with Crippen LogP contribution < -0.4 is 11.1 Å². The van der Waals surface area contributed by atoms with Crippen LogP contribution in [0.1, 0.15) is 36.5 Å². The highest BCUT2D eigenvalue weighted by Crippen LogP contribution is 2.20. The van der Waals surface area contributed by atoms with Crippen LogP contribution in [0.15, 0.2) is 5.38 Å². The highest BCUT2D eigenvalue weighted by Gasteiger charge is 2.14. The number of nitrogens with one attached hydrogen (secondary N) is 1. The third-order valence-corrected chi connectivity index (χ3v) is 3.13. The van der Waals surface area contributed by atoms with E-state index in [2.05, 4.69) is 10.3 Å². The summed E-state index contributed by atoms with van der Waals surface area (Å²) < 4.78 is 0. The van der Waals surface area contributed by atoms with Crippen LogP contribution in [-0.4, -0.2) is 17.4 Å². The Balaban J connectivity index is 2.60. The molecule has 1 rings (SSSR count). The minimum Gasteiger partial charge on any atom is -0.347 e. The highest BCUT2D eigenvalue weighted by atomic mass is 32.1. The molecule has 1 heterocycles. The fourth-order valence-electron chi connectivity index (χ4n) is 1.27. The molecule has 1 atom stereocenters. The molecule has 4 nitrogen and oxygen atoms in total. The Labute approximate surface area is 93.9 Å². The fourth-order valence-corrected chi connectivity index (χ4v) is 2.20. The van der Waals surface area contributed by atoms with Gasteiger partial charge >= 0.3 is 0 Å². The summed E-state index contributed by atoms with van der Waals surface area (Å²) in [5.41, 5.74) is 6.32. The summed E-state index contributed by atoms with van der Waals surface area (Å²) in [6, 6.07) is 0.0303. The Morgan fingerprint density at radius 3 is 2.93 bits per heavy atom. The average Bonchev–Trinajstić information content (AvgIpc) is 2.61. The number of carbonyl (C=O) groups excluding carboxylic acids is 1. The smallest absolute Gasteiger partial charge is 0.221 e. The zero-order chi connectivity index (χ0) is 11.3. The number of carbonyl (C=O) groups is 1. The van der Waals surface area contributed by atoms with Crippen molar-refractivity contribution in [3.8, 4) is 0 Å². The molecule has 0 saturated heterocycles. The molecular formula is C10H17N3OS. The van der Waals surface area contributed by atoms with Crippen molar-refractivity contribution in [1.29, 1.82) is 0 Å². The first kappa shape index (κ1) is 12.1. The molecule has 0 radical (unpaired) electrons. The predicted molar refractivity (Wildman–Crippen MR) is 61.7 cm³/mol. The second kappa shape index (κ2) is 5.82. The molecule has 0 bridgehead atoms. The van der Waals surface area contributed by atoms with E-state index in [-0.39, 0.29) is 11.9 Å². The molecule has 3 N–H and O–H groups in total. The fraction of sp³-hybridized carbons (Fsp3) is 0.600. The molecule has 84 valence electrons. The molecule has 0 aliphatic rings. The number of aryl methyl sites for hydroxylation is 1. The highest BCUT2D eigenvalue weighted by molar-refractivity contribution is 7.09. The summed E-state index contributed by atoms with van der Waals surface area (Å²) in [5.74, 6) is -0.00259. The van der Waals surface area contributed by atoms with Gasteiger partial charge in [-0.2, -0.15) is 0 Å². The number of hydrogen-bond acceptors (Lipinski definition) is 4. The minimum absolute atomic E-state index is 0.00259. The van der Waals surface area contributed by atoms with Gasteiger partial charge in [-0.3, -0.25) is 4.79 Å². The summed E-state index contributed by atoms with van der Waals surface area (Å²) in [7, 11) is 0. The first-order chi connectivity index (χ1) is 7.17. The predicted octanol–water partition coefficient (Wildman–Crippen LogP) is 1.37. The lowest BCUT2D eigenvalue weighted by Gasteiger charge is -2.13. The Kier molecular flexibility index (Phi) is 4.71. The lowest BCUT2D eigenvalue weighted by Crippen LogP contribution is -2.29. The molecule has 0 spiro atoms. The monoisotopic (exact) mass is 227 g/mol. The third kappa shape index (κ3) is 3.60. The van der Waals surface area contributed by atoms with Crippen LogP contribution in [0.5, 0.6) is 0 Å².